The molecular formula is C9H17NO6. The van der Waals surface area contributed by atoms with Crippen molar-refractivity contribution in [3.63, 3.8) is 0 Å². The molecule has 0 saturated heterocycles. The van der Waals surface area contributed by atoms with Gasteiger partial charge in [0.05, 0.1) is 27.1 Å². The highest BCUT2D eigenvalue weighted by Crippen LogP contribution is 1.94. The Labute approximate surface area is 94.1 Å². The van der Waals surface area contributed by atoms with Gasteiger partial charge in [-0.15, -0.1) is 0 Å². The van der Waals surface area contributed by atoms with Crippen molar-refractivity contribution in [2.24, 2.45) is 0 Å². The zero-order chi connectivity index (χ0) is 12.4. The Hall–Kier alpha value is -1.18. The highest BCUT2D eigenvalue weighted by Gasteiger charge is 2.09. The van der Waals surface area contributed by atoms with Crippen LogP contribution in [-0.2, 0) is 29.1 Å². The lowest BCUT2D eigenvalue weighted by Gasteiger charge is -2.14. The van der Waals surface area contributed by atoms with Crippen molar-refractivity contribution in [2.45, 2.75) is 12.8 Å². The van der Waals surface area contributed by atoms with Gasteiger partial charge in [-0.2, -0.15) is 9.78 Å². The molecule has 0 aliphatic heterocycles. The molecule has 0 aliphatic rings. The van der Waals surface area contributed by atoms with Crippen LogP contribution in [0.2, 0.25) is 0 Å². The normalized spacial score (nSPS) is 10.2. The maximum Gasteiger partial charge on any atom is 0.343 e. The van der Waals surface area contributed by atoms with Crippen LogP contribution in [0.1, 0.15) is 12.8 Å². The monoisotopic (exact) mass is 235 g/mol. The smallest absolute Gasteiger partial charge is 0.305 e. The van der Waals surface area contributed by atoms with Gasteiger partial charge in [0.15, 0.2) is 0 Å². The Morgan fingerprint density at radius 1 is 0.938 bits per heavy atom. The van der Waals surface area contributed by atoms with Crippen molar-refractivity contribution < 1.29 is 29.1 Å². The number of carbonyl (C=O) groups is 2. The van der Waals surface area contributed by atoms with Crippen molar-refractivity contribution in [3.05, 3.63) is 0 Å². The molecule has 0 spiro atoms. The van der Waals surface area contributed by atoms with Gasteiger partial charge in [-0.1, -0.05) is 0 Å². The van der Waals surface area contributed by atoms with E-state index in [9.17, 15) is 9.59 Å². The molecular weight excluding hydrogens is 218 g/mol. The molecule has 0 aliphatic carbocycles. The molecule has 7 nitrogen and oxygen atoms in total. The van der Waals surface area contributed by atoms with Gasteiger partial charge in [0, 0.05) is 13.1 Å². The Morgan fingerprint density at radius 3 is 1.62 bits per heavy atom. The van der Waals surface area contributed by atoms with Crippen LogP contribution in [0.4, 0.5) is 0 Å². The highest BCUT2D eigenvalue weighted by molar-refractivity contribution is 5.69. The first-order chi connectivity index (χ1) is 7.60. The molecule has 0 N–H and O–H groups in total. The Bertz CT molecular complexity index is 198. The van der Waals surface area contributed by atoms with Crippen LogP contribution in [0, 0.1) is 0 Å². The SMILES string of the molecule is COOC(=O)CCN(C)CCC(=O)OOC. The highest BCUT2D eigenvalue weighted by atomic mass is 17.2. The largest absolute Gasteiger partial charge is 0.343 e. The summed E-state index contributed by atoms with van der Waals surface area (Å²) in [6.07, 6.45) is 0.396. The molecule has 7 heteroatoms. The Kier molecular flexibility index (Phi) is 8.41. The number of carbonyl (C=O) groups excluding carboxylic acids is 2. The lowest BCUT2D eigenvalue weighted by molar-refractivity contribution is -0.255. The van der Waals surface area contributed by atoms with Crippen molar-refractivity contribution in [2.75, 3.05) is 34.4 Å². The minimum atomic E-state index is -0.450. The summed E-state index contributed by atoms with van der Waals surface area (Å²) >= 11 is 0. The van der Waals surface area contributed by atoms with Crippen molar-refractivity contribution in [1.82, 2.24) is 4.90 Å². The standard InChI is InChI=1S/C9H17NO6/c1-10(6-4-8(11)15-13-2)7-5-9(12)16-14-3/h4-7H2,1-3H3. The summed E-state index contributed by atoms with van der Waals surface area (Å²) in [6.45, 7) is 0.949. The van der Waals surface area contributed by atoms with Crippen LogP contribution in [0.5, 0.6) is 0 Å². The quantitative estimate of drug-likeness (QED) is 0.430. The third-order valence-corrected chi connectivity index (χ3v) is 1.75. The zero-order valence-electron chi connectivity index (χ0n) is 9.73. The predicted molar refractivity (Wildman–Crippen MR) is 52.9 cm³/mol. The molecule has 0 bridgehead atoms. The summed E-state index contributed by atoms with van der Waals surface area (Å²) < 4.78 is 0. The molecule has 0 rings (SSSR count). The van der Waals surface area contributed by atoms with E-state index in [1.165, 1.54) is 14.2 Å². The fourth-order valence-corrected chi connectivity index (χ4v) is 0.945. The maximum absolute atomic E-state index is 10.9. The van der Waals surface area contributed by atoms with Crippen LogP contribution < -0.4 is 0 Å². The minimum absolute atomic E-state index is 0.198. The van der Waals surface area contributed by atoms with Gasteiger partial charge in [0.2, 0.25) is 0 Å². The van der Waals surface area contributed by atoms with Crippen molar-refractivity contribution in [1.29, 1.82) is 0 Å². The zero-order valence-corrected chi connectivity index (χ0v) is 9.73. The fraction of sp³-hybridized carbons (Fsp3) is 0.778. The molecule has 0 aromatic heterocycles. The van der Waals surface area contributed by atoms with Crippen LogP contribution in [-0.4, -0.2) is 51.2 Å². The molecule has 16 heavy (non-hydrogen) atoms. The van der Waals surface area contributed by atoms with Crippen molar-refractivity contribution in [3.8, 4) is 0 Å². The number of nitrogens with zero attached hydrogens (tertiary/aromatic N) is 1. The second-order valence-electron chi connectivity index (χ2n) is 3.05. The fourth-order valence-electron chi connectivity index (χ4n) is 0.945. The van der Waals surface area contributed by atoms with E-state index in [1.807, 2.05) is 0 Å². The topological polar surface area (TPSA) is 74.3 Å². The van der Waals surface area contributed by atoms with Crippen LogP contribution >= 0.6 is 0 Å². The van der Waals surface area contributed by atoms with E-state index in [0.717, 1.165) is 0 Å². The molecule has 0 radical (unpaired) electrons. The molecule has 0 amide bonds. The minimum Gasteiger partial charge on any atom is -0.305 e. The van der Waals surface area contributed by atoms with Crippen molar-refractivity contribution >= 4 is 11.9 Å². The van der Waals surface area contributed by atoms with Gasteiger partial charge in [-0.3, -0.25) is 9.78 Å². The van der Waals surface area contributed by atoms with E-state index >= 15 is 0 Å². The lowest BCUT2D eigenvalue weighted by atomic mass is 10.3. The second kappa shape index (κ2) is 9.08. The molecule has 0 saturated carbocycles. The van der Waals surface area contributed by atoms with Crippen LogP contribution in [0.3, 0.4) is 0 Å². The average Bonchev–Trinajstić information content (AvgIpc) is 2.24. The number of rotatable bonds is 8. The van der Waals surface area contributed by atoms with Gasteiger partial charge in [0.25, 0.3) is 0 Å². The first kappa shape index (κ1) is 14.8. The molecule has 0 unspecified atom stereocenters. The summed E-state index contributed by atoms with van der Waals surface area (Å²) in [5.74, 6) is -0.900. The van der Waals surface area contributed by atoms with E-state index < -0.39 is 11.9 Å². The Morgan fingerprint density at radius 2 is 1.31 bits per heavy atom. The van der Waals surface area contributed by atoms with Crippen LogP contribution in [0.15, 0.2) is 0 Å². The molecule has 0 fully saturated rings. The third-order valence-electron chi connectivity index (χ3n) is 1.75. The molecule has 0 heterocycles. The second-order valence-corrected chi connectivity index (χ2v) is 3.05. The molecule has 0 aromatic carbocycles. The van der Waals surface area contributed by atoms with E-state index in [4.69, 9.17) is 0 Å². The predicted octanol–water partition coefficient (Wildman–Crippen LogP) is -0.0924. The average molecular weight is 235 g/mol. The molecule has 0 aromatic rings. The summed E-state index contributed by atoms with van der Waals surface area (Å²) in [7, 11) is 4.31. The van der Waals surface area contributed by atoms with Crippen LogP contribution in [0.25, 0.3) is 0 Å². The maximum atomic E-state index is 10.9. The first-order valence-electron chi connectivity index (χ1n) is 4.75. The molecule has 0 atom stereocenters. The lowest BCUT2D eigenvalue weighted by Crippen LogP contribution is -2.25. The first-order valence-corrected chi connectivity index (χ1v) is 4.75. The van der Waals surface area contributed by atoms with E-state index in [1.54, 1.807) is 11.9 Å². The summed E-state index contributed by atoms with van der Waals surface area (Å²) in [5.41, 5.74) is 0. The number of hydrogen-bond acceptors (Lipinski definition) is 7. The third kappa shape index (κ3) is 8.16. The van der Waals surface area contributed by atoms with Gasteiger partial charge < -0.3 is 4.90 Å². The summed E-state index contributed by atoms with van der Waals surface area (Å²) in [6, 6.07) is 0. The van der Waals surface area contributed by atoms with Gasteiger partial charge in [-0.25, -0.2) is 9.59 Å². The summed E-state index contributed by atoms with van der Waals surface area (Å²) in [5, 5.41) is 0. The Balaban J connectivity index is 3.54. The van der Waals surface area contributed by atoms with Gasteiger partial charge >= 0.3 is 11.9 Å². The van der Waals surface area contributed by atoms with E-state index in [-0.39, 0.29) is 12.8 Å². The number of hydrogen-bond donors (Lipinski definition) is 0. The van der Waals surface area contributed by atoms with Gasteiger partial charge in [0.1, 0.15) is 0 Å². The van der Waals surface area contributed by atoms with E-state index in [2.05, 4.69) is 19.6 Å². The van der Waals surface area contributed by atoms with Gasteiger partial charge in [-0.05, 0) is 7.05 Å². The molecule has 94 valence electrons. The summed E-state index contributed by atoms with van der Waals surface area (Å²) in [4.78, 5) is 40.6. The van der Waals surface area contributed by atoms with E-state index in [0.29, 0.717) is 13.1 Å².